The number of aliphatic imine (C=N–C) groups is 1. The fraction of sp³-hybridized carbons (Fsp3) is 0.286. The highest BCUT2D eigenvalue weighted by molar-refractivity contribution is 6.02. The summed E-state index contributed by atoms with van der Waals surface area (Å²) < 4.78 is 80.8. The topological polar surface area (TPSA) is 24.4 Å². The van der Waals surface area contributed by atoms with Crippen LogP contribution in [0.3, 0.4) is 0 Å². The van der Waals surface area contributed by atoms with Gasteiger partial charge in [-0.05, 0) is 80.3 Å². The summed E-state index contributed by atoms with van der Waals surface area (Å²) in [6, 6.07) is 9.05. The Bertz CT molecular complexity index is 912. The molecule has 1 N–H and O–H groups in total. The molecule has 2 aromatic carbocycles. The summed E-state index contributed by atoms with van der Waals surface area (Å²) in [5.41, 5.74) is -0.576. The first-order valence-electron chi connectivity index (χ1n) is 8.62. The van der Waals surface area contributed by atoms with E-state index in [1.165, 1.54) is 24.3 Å². The first-order chi connectivity index (χ1) is 13.2. The summed E-state index contributed by atoms with van der Waals surface area (Å²) in [4.78, 5) is 3.46. The van der Waals surface area contributed by atoms with Gasteiger partial charge in [0.15, 0.2) is 0 Å². The Morgan fingerprint density at radius 1 is 0.724 bits per heavy atom. The zero-order valence-corrected chi connectivity index (χ0v) is 16.3. The summed E-state index contributed by atoms with van der Waals surface area (Å²) in [6.07, 6.45) is -10.1. The monoisotopic (exact) mass is 414 g/mol. The molecule has 0 heterocycles. The van der Waals surface area contributed by atoms with Gasteiger partial charge in [0.05, 0.1) is 5.69 Å². The number of anilines is 1. The van der Waals surface area contributed by atoms with Crippen LogP contribution in [0.1, 0.15) is 22.3 Å². The maximum Gasteiger partial charge on any atom is 0.433 e. The van der Waals surface area contributed by atoms with E-state index in [-0.39, 0.29) is 17.5 Å². The maximum absolute atomic E-state index is 13.5. The van der Waals surface area contributed by atoms with Gasteiger partial charge in [-0.15, -0.1) is 0 Å². The molecule has 0 aliphatic rings. The highest BCUT2D eigenvalue weighted by Crippen LogP contribution is 2.31. The molecule has 0 saturated carbocycles. The molecule has 156 valence electrons. The third-order valence-corrected chi connectivity index (χ3v) is 3.83. The molecule has 0 saturated heterocycles. The quantitative estimate of drug-likeness (QED) is 0.418. The second kappa shape index (κ2) is 8.31. The van der Waals surface area contributed by atoms with Crippen molar-refractivity contribution in [2.24, 2.45) is 4.99 Å². The van der Waals surface area contributed by atoms with Gasteiger partial charge >= 0.3 is 12.4 Å². The first kappa shape index (κ1) is 22.5. The number of halogens is 6. The standard InChI is InChI=1S/C21H20F6N2/c1-12-5-13(2)8-16(7-12)28-18(20(22,23)24)11-19(21(25,26)27)29-17-9-14(3)6-15(4)10-17/h5-11,28H,1-4H3/b18-11-,29-19?. The minimum Gasteiger partial charge on any atom is -0.351 e. The molecule has 2 nitrogen and oxygen atoms in total. The second-order valence-corrected chi connectivity index (χ2v) is 6.90. The molecule has 0 bridgehead atoms. The summed E-state index contributed by atoms with van der Waals surface area (Å²) in [5.74, 6) is 0. The average Bonchev–Trinajstić information content (AvgIpc) is 2.49. The van der Waals surface area contributed by atoms with E-state index in [1.54, 1.807) is 39.8 Å². The van der Waals surface area contributed by atoms with Gasteiger partial charge in [-0.3, -0.25) is 0 Å². The van der Waals surface area contributed by atoms with E-state index in [4.69, 9.17) is 0 Å². The minimum atomic E-state index is -5.07. The van der Waals surface area contributed by atoms with Crippen LogP contribution in [0.15, 0.2) is 53.2 Å². The highest BCUT2D eigenvalue weighted by Gasteiger charge is 2.40. The van der Waals surface area contributed by atoms with E-state index in [0.29, 0.717) is 22.3 Å². The predicted molar refractivity (Wildman–Crippen MR) is 103 cm³/mol. The Morgan fingerprint density at radius 2 is 1.17 bits per heavy atom. The van der Waals surface area contributed by atoms with Crippen molar-refractivity contribution in [2.45, 2.75) is 40.0 Å². The number of hydrogen-bond acceptors (Lipinski definition) is 2. The first-order valence-corrected chi connectivity index (χ1v) is 8.62. The molecule has 0 amide bonds. The molecule has 0 atom stereocenters. The SMILES string of the molecule is Cc1cc(C)cc(N=C(/C=C(\Nc2cc(C)cc(C)c2)C(F)(F)F)C(F)(F)F)c1. The number of allylic oxidation sites excluding steroid dienone is 2. The molecule has 2 rings (SSSR count). The fourth-order valence-electron chi connectivity index (χ4n) is 2.86. The maximum atomic E-state index is 13.5. The van der Waals surface area contributed by atoms with E-state index in [0.717, 1.165) is 0 Å². The van der Waals surface area contributed by atoms with Crippen molar-refractivity contribution in [3.63, 3.8) is 0 Å². The van der Waals surface area contributed by atoms with Crippen LogP contribution >= 0.6 is 0 Å². The minimum absolute atomic E-state index is 0.00463. The molecule has 8 heteroatoms. The number of benzene rings is 2. The van der Waals surface area contributed by atoms with Gasteiger partial charge in [-0.25, -0.2) is 4.99 Å². The lowest BCUT2D eigenvalue weighted by Crippen LogP contribution is -2.26. The van der Waals surface area contributed by atoms with Crippen LogP contribution in [0.25, 0.3) is 0 Å². The van der Waals surface area contributed by atoms with E-state index in [2.05, 4.69) is 10.3 Å². The lowest BCUT2D eigenvalue weighted by Gasteiger charge is -2.17. The van der Waals surface area contributed by atoms with E-state index < -0.39 is 23.8 Å². The van der Waals surface area contributed by atoms with Gasteiger partial charge < -0.3 is 5.32 Å². The van der Waals surface area contributed by atoms with E-state index in [9.17, 15) is 26.3 Å². The molecule has 2 aromatic rings. The zero-order chi connectivity index (χ0) is 22.0. The number of hydrogen-bond donors (Lipinski definition) is 1. The second-order valence-electron chi connectivity index (χ2n) is 6.90. The average molecular weight is 414 g/mol. The van der Waals surface area contributed by atoms with Crippen molar-refractivity contribution >= 4 is 17.1 Å². The summed E-state index contributed by atoms with van der Waals surface area (Å²) in [6.45, 7) is 6.69. The number of rotatable bonds is 4. The van der Waals surface area contributed by atoms with Crippen LogP contribution in [0, 0.1) is 27.7 Å². The Hall–Kier alpha value is -2.77. The van der Waals surface area contributed by atoms with Gasteiger partial charge in [0, 0.05) is 5.69 Å². The van der Waals surface area contributed by atoms with Crippen LogP contribution in [0.2, 0.25) is 0 Å². The normalized spacial score (nSPS) is 13.6. The number of alkyl halides is 6. The van der Waals surface area contributed by atoms with Gasteiger partial charge in [0.1, 0.15) is 11.4 Å². The Balaban J connectivity index is 2.57. The van der Waals surface area contributed by atoms with Crippen LogP contribution in [0.5, 0.6) is 0 Å². The molecular formula is C21H20F6N2. The summed E-state index contributed by atoms with van der Waals surface area (Å²) in [5, 5.41) is 2.07. The van der Waals surface area contributed by atoms with Crippen LogP contribution in [-0.2, 0) is 0 Å². The van der Waals surface area contributed by atoms with Gasteiger partial charge in [0.25, 0.3) is 0 Å². The number of nitrogens with zero attached hydrogens (tertiary/aromatic N) is 1. The third kappa shape index (κ3) is 6.66. The molecule has 0 aliphatic carbocycles. The lowest BCUT2D eigenvalue weighted by atomic mass is 10.1. The molecule has 29 heavy (non-hydrogen) atoms. The largest absolute Gasteiger partial charge is 0.433 e. The van der Waals surface area contributed by atoms with Crippen LogP contribution < -0.4 is 5.32 Å². The molecular weight excluding hydrogens is 394 g/mol. The molecule has 0 aromatic heterocycles. The zero-order valence-electron chi connectivity index (χ0n) is 16.3. The molecule has 0 fully saturated rings. The lowest BCUT2D eigenvalue weighted by molar-refractivity contribution is -0.0904. The highest BCUT2D eigenvalue weighted by atomic mass is 19.4. The molecule has 0 spiro atoms. The smallest absolute Gasteiger partial charge is 0.351 e. The molecule has 0 unspecified atom stereocenters. The van der Waals surface area contributed by atoms with Crippen LogP contribution in [-0.4, -0.2) is 18.1 Å². The van der Waals surface area contributed by atoms with Crippen LogP contribution in [0.4, 0.5) is 37.7 Å². The predicted octanol–water partition coefficient (Wildman–Crippen LogP) is 7.11. The van der Waals surface area contributed by atoms with Crippen molar-refractivity contribution in [1.29, 1.82) is 0 Å². The van der Waals surface area contributed by atoms with Crippen molar-refractivity contribution < 1.29 is 26.3 Å². The van der Waals surface area contributed by atoms with Gasteiger partial charge in [0.2, 0.25) is 0 Å². The fourth-order valence-corrected chi connectivity index (χ4v) is 2.86. The summed E-state index contributed by atoms with van der Waals surface area (Å²) >= 11 is 0. The van der Waals surface area contributed by atoms with E-state index >= 15 is 0 Å². The summed E-state index contributed by atoms with van der Waals surface area (Å²) in [7, 11) is 0. The van der Waals surface area contributed by atoms with Gasteiger partial charge in [-0.2, -0.15) is 26.3 Å². The molecule has 0 aliphatic heterocycles. The number of aryl methyl sites for hydroxylation is 4. The third-order valence-electron chi connectivity index (χ3n) is 3.83. The number of nitrogens with one attached hydrogen (secondary N) is 1. The Kier molecular flexibility index (Phi) is 6.45. The van der Waals surface area contributed by atoms with Crippen molar-refractivity contribution in [2.75, 3.05) is 5.32 Å². The van der Waals surface area contributed by atoms with Gasteiger partial charge in [-0.1, -0.05) is 12.1 Å². The Morgan fingerprint density at radius 3 is 1.59 bits per heavy atom. The van der Waals surface area contributed by atoms with Crippen molar-refractivity contribution in [3.05, 3.63) is 70.4 Å². The van der Waals surface area contributed by atoms with Crippen molar-refractivity contribution in [1.82, 2.24) is 0 Å². The molecule has 0 radical (unpaired) electrons. The Labute approximate surface area is 165 Å². The van der Waals surface area contributed by atoms with E-state index in [1.807, 2.05) is 0 Å². The van der Waals surface area contributed by atoms with Crippen molar-refractivity contribution in [3.8, 4) is 0 Å².